The molecule has 2 aliphatic rings. The summed E-state index contributed by atoms with van der Waals surface area (Å²) in [5.74, 6) is 0.849. The normalized spacial score (nSPS) is 27.3. The van der Waals surface area contributed by atoms with E-state index in [4.69, 9.17) is 10.00 Å². The molecule has 2 saturated heterocycles. The van der Waals surface area contributed by atoms with Gasteiger partial charge in [-0.2, -0.15) is 5.26 Å². The standard InChI is InChI=1S/C23H26N2O2/c24-13-12-18-6-10-22(11-7-18)27-15-14-25-20-8-9-21(25)17-23(26,16-20)19-4-2-1-3-5-19/h1-7,10-11,20-21,26H,8-9,12,14-17H2. The molecule has 2 heterocycles. The van der Waals surface area contributed by atoms with Crippen molar-refractivity contribution in [2.45, 2.75) is 49.8 Å². The largest absolute Gasteiger partial charge is 0.492 e. The summed E-state index contributed by atoms with van der Waals surface area (Å²) in [7, 11) is 0. The van der Waals surface area contributed by atoms with E-state index in [0.29, 0.717) is 25.1 Å². The fourth-order valence-electron chi connectivity index (χ4n) is 4.73. The van der Waals surface area contributed by atoms with Crippen molar-refractivity contribution < 1.29 is 9.84 Å². The topological polar surface area (TPSA) is 56.5 Å². The highest BCUT2D eigenvalue weighted by Gasteiger charge is 2.47. The fraction of sp³-hybridized carbons (Fsp3) is 0.435. The summed E-state index contributed by atoms with van der Waals surface area (Å²) in [4.78, 5) is 2.53. The highest BCUT2D eigenvalue weighted by atomic mass is 16.5. The summed E-state index contributed by atoms with van der Waals surface area (Å²) in [5, 5.41) is 20.0. The van der Waals surface area contributed by atoms with E-state index in [0.717, 1.165) is 49.1 Å². The van der Waals surface area contributed by atoms with Gasteiger partial charge in [-0.3, -0.25) is 4.90 Å². The minimum atomic E-state index is -0.693. The first-order chi connectivity index (χ1) is 13.2. The van der Waals surface area contributed by atoms with Crippen molar-refractivity contribution in [3.8, 4) is 11.8 Å². The second-order valence-electron chi connectivity index (χ2n) is 7.76. The molecule has 4 rings (SSSR count). The van der Waals surface area contributed by atoms with Gasteiger partial charge < -0.3 is 9.84 Å². The van der Waals surface area contributed by atoms with Crippen LogP contribution in [-0.4, -0.2) is 35.2 Å². The van der Waals surface area contributed by atoms with Crippen LogP contribution in [0, 0.1) is 11.3 Å². The van der Waals surface area contributed by atoms with E-state index in [9.17, 15) is 5.11 Å². The van der Waals surface area contributed by atoms with Gasteiger partial charge in [-0.15, -0.1) is 0 Å². The zero-order chi connectivity index (χ0) is 18.7. The van der Waals surface area contributed by atoms with E-state index in [1.165, 1.54) is 0 Å². The van der Waals surface area contributed by atoms with Gasteiger partial charge in [-0.1, -0.05) is 42.5 Å². The Morgan fingerprint density at radius 2 is 1.70 bits per heavy atom. The maximum absolute atomic E-state index is 11.2. The molecule has 0 saturated carbocycles. The lowest BCUT2D eigenvalue weighted by Crippen LogP contribution is -2.50. The van der Waals surface area contributed by atoms with Gasteiger partial charge in [0.15, 0.2) is 0 Å². The Morgan fingerprint density at radius 3 is 2.33 bits per heavy atom. The second kappa shape index (κ2) is 7.72. The molecule has 4 nitrogen and oxygen atoms in total. The molecule has 0 aromatic heterocycles. The molecular weight excluding hydrogens is 336 g/mol. The van der Waals surface area contributed by atoms with E-state index >= 15 is 0 Å². The summed E-state index contributed by atoms with van der Waals surface area (Å²) in [5.41, 5.74) is 1.37. The van der Waals surface area contributed by atoms with Crippen LogP contribution in [0.1, 0.15) is 36.8 Å². The van der Waals surface area contributed by atoms with Gasteiger partial charge in [0, 0.05) is 18.6 Å². The number of hydrogen-bond donors (Lipinski definition) is 1. The second-order valence-corrected chi connectivity index (χ2v) is 7.76. The zero-order valence-electron chi connectivity index (χ0n) is 15.6. The lowest BCUT2D eigenvalue weighted by molar-refractivity contribution is -0.0591. The maximum atomic E-state index is 11.2. The summed E-state index contributed by atoms with van der Waals surface area (Å²) in [6.45, 7) is 1.54. The van der Waals surface area contributed by atoms with Crippen molar-refractivity contribution >= 4 is 0 Å². The third kappa shape index (κ3) is 3.85. The van der Waals surface area contributed by atoms with Crippen molar-refractivity contribution in [2.24, 2.45) is 0 Å². The molecule has 2 aromatic carbocycles. The van der Waals surface area contributed by atoms with Gasteiger partial charge in [0.2, 0.25) is 0 Å². The van der Waals surface area contributed by atoms with E-state index in [2.05, 4.69) is 11.0 Å². The first kappa shape index (κ1) is 18.0. The molecule has 2 bridgehead atoms. The molecule has 2 unspecified atom stereocenters. The SMILES string of the molecule is N#CCc1ccc(OCCN2C3CCC2CC(O)(c2ccccc2)C3)cc1. The van der Waals surface area contributed by atoms with Crippen molar-refractivity contribution in [2.75, 3.05) is 13.2 Å². The molecular formula is C23H26N2O2. The molecule has 27 heavy (non-hydrogen) atoms. The Morgan fingerprint density at radius 1 is 1.04 bits per heavy atom. The summed E-state index contributed by atoms with van der Waals surface area (Å²) in [6.07, 6.45) is 4.35. The average Bonchev–Trinajstić information content (AvgIpc) is 2.94. The molecule has 1 N–H and O–H groups in total. The van der Waals surface area contributed by atoms with Crippen molar-refractivity contribution in [1.29, 1.82) is 5.26 Å². The molecule has 0 aliphatic carbocycles. The van der Waals surface area contributed by atoms with Crippen LogP contribution in [0.2, 0.25) is 0 Å². The number of nitrogens with zero attached hydrogens (tertiary/aromatic N) is 2. The summed E-state index contributed by atoms with van der Waals surface area (Å²) in [6, 6.07) is 20.9. The van der Waals surface area contributed by atoms with Crippen molar-refractivity contribution in [3.63, 3.8) is 0 Å². The number of rotatable bonds is 6. The Balaban J connectivity index is 1.33. The van der Waals surface area contributed by atoms with Crippen LogP contribution in [0.5, 0.6) is 5.75 Å². The van der Waals surface area contributed by atoms with Crippen LogP contribution in [0.15, 0.2) is 54.6 Å². The van der Waals surface area contributed by atoms with Gasteiger partial charge in [-0.25, -0.2) is 0 Å². The molecule has 0 amide bonds. The Bertz CT molecular complexity index is 783. The van der Waals surface area contributed by atoms with E-state index in [1.807, 2.05) is 54.6 Å². The van der Waals surface area contributed by atoms with Gasteiger partial charge in [0.25, 0.3) is 0 Å². The van der Waals surface area contributed by atoms with Crippen LogP contribution in [-0.2, 0) is 12.0 Å². The Kier molecular flexibility index (Phi) is 5.15. The summed E-state index contributed by atoms with van der Waals surface area (Å²) >= 11 is 0. The number of benzene rings is 2. The van der Waals surface area contributed by atoms with Gasteiger partial charge in [0.1, 0.15) is 12.4 Å². The third-order valence-electron chi connectivity index (χ3n) is 6.05. The average molecular weight is 362 g/mol. The van der Waals surface area contributed by atoms with Crippen molar-refractivity contribution in [1.82, 2.24) is 4.90 Å². The molecule has 140 valence electrons. The first-order valence-corrected chi connectivity index (χ1v) is 9.80. The van der Waals surface area contributed by atoms with Crippen LogP contribution < -0.4 is 4.74 Å². The molecule has 2 aromatic rings. The predicted molar refractivity (Wildman–Crippen MR) is 104 cm³/mol. The minimum Gasteiger partial charge on any atom is -0.492 e. The van der Waals surface area contributed by atoms with Crippen LogP contribution >= 0.6 is 0 Å². The zero-order valence-corrected chi connectivity index (χ0v) is 15.6. The smallest absolute Gasteiger partial charge is 0.119 e. The first-order valence-electron chi connectivity index (χ1n) is 9.80. The fourth-order valence-corrected chi connectivity index (χ4v) is 4.73. The molecule has 0 spiro atoms. The highest BCUT2D eigenvalue weighted by molar-refractivity contribution is 5.29. The van der Waals surface area contributed by atoms with Gasteiger partial charge in [-0.05, 0) is 48.9 Å². The van der Waals surface area contributed by atoms with Crippen LogP contribution in [0.4, 0.5) is 0 Å². The predicted octanol–water partition coefficient (Wildman–Crippen LogP) is 3.65. The summed E-state index contributed by atoms with van der Waals surface area (Å²) < 4.78 is 5.92. The lowest BCUT2D eigenvalue weighted by Gasteiger charge is -2.44. The molecule has 2 fully saturated rings. The highest BCUT2D eigenvalue weighted by Crippen LogP contribution is 2.45. The van der Waals surface area contributed by atoms with E-state index in [1.54, 1.807) is 0 Å². The maximum Gasteiger partial charge on any atom is 0.119 e. The number of hydrogen-bond acceptors (Lipinski definition) is 4. The molecule has 4 heteroatoms. The number of piperidine rings is 1. The molecule has 0 radical (unpaired) electrons. The number of nitriles is 1. The minimum absolute atomic E-state index is 0.426. The van der Waals surface area contributed by atoms with E-state index < -0.39 is 5.60 Å². The number of ether oxygens (including phenoxy) is 1. The Labute approximate surface area is 161 Å². The van der Waals surface area contributed by atoms with Crippen LogP contribution in [0.3, 0.4) is 0 Å². The monoisotopic (exact) mass is 362 g/mol. The third-order valence-corrected chi connectivity index (χ3v) is 6.05. The van der Waals surface area contributed by atoms with Crippen LogP contribution in [0.25, 0.3) is 0 Å². The van der Waals surface area contributed by atoms with Gasteiger partial charge in [0.05, 0.1) is 18.1 Å². The quantitative estimate of drug-likeness (QED) is 0.852. The number of aliphatic hydroxyl groups is 1. The molecule has 2 aliphatic heterocycles. The molecule has 2 atom stereocenters. The van der Waals surface area contributed by atoms with Gasteiger partial charge >= 0.3 is 0 Å². The van der Waals surface area contributed by atoms with E-state index in [-0.39, 0.29) is 0 Å². The van der Waals surface area contributed by atoms with Crippen molar-refractivity contribution in [3.05, 3.63) is 65.7 Å². The lowest BCUT2D eigenvalue weighted by atomic mass is 9.80. The Hall–Kier alpha value is -2.35. The number of fused-ring (bicyclic) bond motifs is 2.